The van der Waals surface area contributed by atoms with Crippen LogP contribution in [0.15, 0.2) is 18.2 Å². The van der Waals surface area contributed by atoms with E-state index in [2.05, 4.69) is 24.2 Å². The Hall–Kier alpha value is -1.47. The molecule has 1 aliphatic rings. The van der Waals surface area contributed by atoms with Crippen molar-refractivity contribution in [3.05, 3.63) is 28.3 Å². The highest BCUT2D eigenvalue weighted by atomic mass is 32.2. The van der Waals surface area contributed by atoms with Gasteiger partial charge >= 0.3 is 0 Å². The van der Waals surface area contributed by atoms with Gasteiger partial charge in [0.15, 0.2) is 0 Å². The first-order chi connectivity index (χ1) is 8.99. The van der Waals surface area contributed by atoms with E-state index < -0.39 is 4.92 Å². The van der Waals surface area contributed by atoms with Crippen LogP contribution in [-0.4, -0.2) is 28.5 Å². The number of thioether (sulfide) groups is 1. The van der Waals surface area contributed by atoms with Crippen LogP contribution in [0.5, 0.6) is 0 Å². The third-order valence-corrected chi connectivity index (χ3v) is 4.29. The van der Waals surface area contributed by atoms with Gasteiger partial charge in [0.05, 0.1) is 10.6 Å². The number of nitro groups is 1. The summed E-state index contributed by atoms with van der Waals surface area (Å²) in [5.41, 5.74) is 3.95. The average molecular weight is 282 g/mol. The number of nitrogen functional groups attached to an aromatic ring is 1. The predicted molar refractivity (Wildman–Crippen MR) is 79.6 cm³/mol. The quantitative estimate of drug-likeness (QED) is 0.502. The summed E-state index contributed by atoms with van der Waals surface area (Å²) in [5, 5.41) is 12.0. The number of nitrogens with two attached hydrogens (primary N) is 1. The lowest BCUT2D eigenvalue weighted by Gasteiger charge is -2.36. The Balaban J connectivity index is 2.32. The van der Waals surface area contributed by atoms with Gasteiger partial charge in [0.1, 0.15) is 0 Å². The number of hydrazine groups is 1. The molecule has 2 unspecified atom stereocenters. The molecule has 1 heterocycles. The highest BCUT2D eigenvalue weighted by Crippen LogP contribution is 2.32. The first kappa shape index (κ1) is 14.0. The van der Waals surface area contributed by atoms with Crippen molar-refractivity contribution in [2.24, 2.45) is 5.84 Å². The van der Waals surface area contributed by atoms with Crippen molar-refractivity contribution in [2.45, 2.75) is 24.3 Å². The molecule has 2 atom stereocenters. The van der Waals surface area contributed by atoms with E-state index in [0.717, 1.165) is 18.8 Å². The molecule has 1 aromatic carbocycles. The minimum atomic E-state index is -0.393. The van der Waals surface area contributed by atoms with Crippen LogP contribution < -0.4 is 16.2 Å². The van der Waals surface area contributed by atoms with Crippen molar-refractivity contribution in [1.82, 2.24) is 0 Å². The number of rotatable bonds is 3. The minimum Gasteiger partial charge on any atom is -0.369 e. The van der Waals surface area contributed by atoms with Gasteiger partial charge in [-0.05, 0) is 6.07 Å². The molecule has 0 aromatic heterocycles. The highest BCUT2D eigenvalue weighted by Gasteiger charge is 2.24. The lowest BCUT2D eigenvalue weighted by Crippen LogP contribution is -2.40. The smallest absolute Gasteiger partial charge is 0.273 e. The fourth-order valence-electron chi connectivity index (χ4n) is 2.36. The van der Waals surface area contributed by atoms with Crippen LogP contribution in [0, 0.1) is 10.1 Å². The van der Waals surface area contributed by atoms with Crippen molar-refractivity contribution >= 4 is 28.8 Å². The molecule has 2 rings (SSSR count). The Kier molecular flexibility index (Phi) is 4.16. The second-order valence-electron chi connectivity index (χ2n) is 4.80. The normalized spacial score (nSPS) is 23.2. The molecule has 0 aliphatic carbocycles. The molecule has 1 saturated heterocycles. The topological polar surface area (TPSA) is 84.4 Å². The molecule has 1 fully saturated rings. The standard InChI is InChI=1S/C12H18N4O2S/c1-8-6-15(7-9(2)19-8)11-3-10(14-13)4-12(5-11)16(17)18/h3-5,8-9,14H,6-7,13H2,1-2H3. The molecule has 3 N–H and O–H groups in total. The number of non-ortho nitro benzene ring substituents is 1. The zero-order chi connectivity index (χ0) is 14.0. The second kappa shape index (κ2) is 5.66. The van der Waals surface area contributed by atoms with Crippen molar-refractivity contribution < 1.29 is 4.92 Å². The summed E-state index contributed by atoms with van der Waals surface area (Å²) in [4.78, 5) is 12.7. The van der Waals surface area contributed by atoms with Crippen LogP contribution >= 0.6 is 11.8 Å². The first-order valence-electron chi connectivity index (χ1n) is 6.16. The number of hydrogen-bond donors (Lipinski definition) is 2. The van der Waals surface area contributed by atoms with Gasteiger partial charge in [0, 0.05) is 41.4 Å². The Morgan fingerprint density at radius 3 is 2.53 bits per heavy atom. The van der Waals surface area contributed by atoms with E-state index in [1.807, 2.05) is 17.8 Å². The molecular weight excluding hydrogens is 264 g/mol. The minimum absolute atomic E-state index is 0.0592. The van der Waals surface area contributed by atoms with Crippen molar-refractivity contribution in [1.29, 1.82) is 0 Å². The predicted octanol–water partition coefficient (Wildman–Crippen LogP) is 2.21. The van der Waals surface area contributed by atoms with Crippen LogP contribution in [0.4, 0.5) is 17.1 Å². The Bertz CT molecular complexity index is 473. The Morgan fingerprint density at radius 2 is 2.00 bits per heavy atom. The van der Waals surface area contributed by atoms with Gasteiger partial charge in [-0.25, -0.2) is 0 Å². The summed E-state index contributed by atoms with van der Waals surface area (Å²) >= 11 is 1.94. The summed E-state index contributed by atoms with van der Waals surface area (Å²) in [7, 11) is 0. The van der Waals surface area contributed by atoms with E-state index in [-0.39, 0.29) is 5.69 Å². The fraction of sp³-hybridized carbons (Fsp3) is 0.500. The molecular formula is C12H18N4O2S. The number of nitrogens with zero attached hydrogens (tertiary/aromatic N) is 2. The molecule has 1 aromatic rings. The second-order valence-corrected chi connectivity index (χ2v) is 6.68. The summed E-state index contributed by atoms with van der Waals surface area (Å²) in [6.07, 6.45) is 0. The maximum absolute atomic E-state index is 10.9. The lowest BCUT2D eigenvalue weighted by molar-refractivity contribution is -0.384. The zero-order valence-electron chi connectivity index (χ0n) is 11.0. The molecule has 7 heteroatoms. The zero-order valence-corrected chi connectivity index (χ0v) is 11.8. The van der Waals surface area contributed by atoms with E-state index in [4.69, 9.17) is 5.84 Å². The van der Waals surface area contributed by atoms with Crippen LogP contribution in [-0.2, 0) is 0 Å². The van der Waals surface area contributed by atoms with E-state index >= 15 is 0 Å². The average Bonchev–Trinajstić information content (AvgIpc) is 2.37. The summed E-state index contributed by atoms with van der Waals surface area (Å²) < 4.78 is 0. The number of anilines is 2. The van der Waals surface area contributed by atoms with E-state index in [1.165, 1.54) is 6.07 Å². The number of nitrogens with one attached hydrogen (secondary N) is 1. The maximum Gasteiger partial charge on any atom is 0.273 e. The molecule has 1 aliphatic heterocycles. The highest BCUT2D eigenvalue weighted by molar-refractivity contribution is 8.00. The Labute approximate surface area is 116 Å². The number of nitro benzene ring substituents is 1. The van der Waals surface area contributed by atoms with Gasteiger partial charge in [-0.1, -0.05) is 13.8 Å². The molecule has 19 heavy (non-hydrogen) atoms. The van der Waals surface area contributed by atoms with Gasteiger partial charge in [-0.2, -0.15) is 11.8 Å². The summed E-state index contributed by atoms with van der Waals surface area (Å²) in [6.45, 7) is 6.12. The maximum atomic E-state index is 10.9. The van der Waals surface area contributed by atoms with Crippen molar-refractivity contribution in [3.63, 3.8) is 0 Å². The first-order valence-corrected chi connectivity index (χ1v) is 7.10. The summed E-state index contributed by atoms with van der Waals surface area (Å²) in [6, 6.07) is 4.90. The largest absolute Gasteiger partial charge is 0.369 e. The third-order valence-electron chi connectivity index (χ3n) is 3.06. The van der Waals surface area contributed by atoms with E-state index in [9.17, 15) is 10.1 Å². The van der Waals surface area contributed by atoms with Crippen molar-refractivity contribution in [3.8, 4) is 0 Å². The van der Waals surface area contributed by atoms with Gasteiger partial charge in [-0.3, -0.25) is 16.0 Å². The van der Waals surface area contributed by atoms with Gasteiger partial charge in [-0.15, -0.1) is 0 Å². The van der Waals surface area contributed by atoms with Crippen molar-refractivity contribution in [2.75, 3.05) is 23.4 Å². The van der Waals surface area contributed by atoms with Crippen LogP contribution in [0.25, 0.3) is 0 Å². The molecule has 0 saturated carbocycles. The molecule has 104 valence electrons. The van der Waals surface area contributed by atoms with E-state index in [0.29, 0.717) is 16.2 Å². The number of benzene rings is 1. The Morgan fingerprint density at radius 1 is 1.37 bits per heavy atom. The SMILES string of the molecule is CC1CN(c2cc(NN)cc([N+](=O)[O-])c2)CC(C)S1. The van der Waals surface area contributed by atoms with Gasteiger partial charge in [0.2, 0.25) is 0 Å². The van der Waals surface area contributed by atoms with Gasteiger partial charge < -0.3 is 10.3 Å². The number of hydrogen-bond acceptors (Lipinski definition) is 6. The third kappa shape index (κ3) is 3.30. The van der Waals surface area contributed by atoms with Crippen LogP contribution in [0.3, 0.4) is 0 Å². The van der Waals surface area contributed by atoms with Gasteiger partial charge in [0.25, 0.3) is 5.69 Å². The molecule has 6 nitrogen and oxygen atoms in total. The lowest BCUT2D eigenvalue weighted by atomic mass is 10.2. The molecule has 0 radical (unpaired) electrons. The molecule has 0 bridgehead atoms. The monoisotopic (exact) mass is 282 g/mol. The molecule has 0 amide bonds. The van der Waals surface area contributed by atoms with E-state index in [1.54, 1.807) is 6.07 Å². The van der Waals surface area contributed by atoms with Crippen LogP contribution in [0.2, 0.25) is 0 Å². The summed E-state index contributed by atoms with van der Waals surface area (Å²) in [5.74, 6) is 5.38. The molecule has 0 spiro atoms. The fourth-order valence-corrected chi connectivity index (χ4v) is 3.68. The van der Waals surface area contributed by atoms with Crippen LogP contribution in [0.1, 0.15) is 13.8 Å².